The van der Waals surface area contributed by atoms with Crippen molar-refractivity contribution in [2.75, 3.05) is 5.32 Å². The first-order valence-corrected chi connectivity index (χ1v) is 7.88. The molecule has 0 saturated heterocycles. The number of anilines is 2. The lowest BCUT2D eigenvalue weighted by Gasteiger charge is -2.26. The Morgan fingerprint density at radius 3 is 2.83 bits per heavy atom. The van der Waals surface area contributed by atoms with Gasteiger partial charge in [-0.2, -0.15) is 0 Å². The van der Waals surface area contributed by atoms with Gasteiger partial charge in [-0.25, -0.2) is 14.2 Å². The van der Waals surface area contributed by atoms with Crippen LogP contribution >= 0.6 is 0 Å². The van der Waals surface area contributed by atoms with Gasteiger partial charge in [0, 0.05) is 6.20 Å². The second-order valence-electron chi connectivity index (χ2n) is 6.09. The van der Waals surface area contributed by atoms with E-state index in [1.165, 1.54) is 12.5 Å². The van der Waals surface area contributed by atoms with Crippen molar-refractivity contribution in [3.8, 4) is 0 Å². The van der Waals surface area contributed by atoms with E-state index >= 15 is 0 Å². The largest absolute Gasteiger partial charge is 0.478 e. The lowest BCUT2D eigenvalue weighted by Crippen LogP contribution is -2.10. The molecule has 2 N–H and O–H groups in total. The molecule has 0 atom stereocenters. The fourth-order valence-corrected chi connectivity index (χ4v) is 3.07. The molecule has 0 amide bonds. The number of halogens is 1. The quantitative estimate of drug-likeness (QED) is 0.755. The lowest BCUT2D eigenvalue weighted by atomic mass is 9.80. The number of fused-ring (bicyclic) bond motifs is 1. The van der Waals surface area contributed by atoms with Gasteiger partial charge in [-0.3, -0.25) is 0 Å². The summed E-state index contributed by atoms with van der Waals surface area (Å²) in [5.74, 6) is -1.01. The maximum atomic E-state index is 14.5. The van der Waals surface area contributed by atoms with Crippen LogP contribution in [0, 0.1) is 5.82 Å². The van der Waals surface area contributed by atoms with Crippen molar-refractivity contribution in [2.24, 2.45) is 0 Å². The molecule has 0 unspecified atom stereocenters. The highest BCUT2D eigenvalue weighted by atomic mass is 19.1. The average Bonchev–Trinajstić information content (AvgIpc) is 2.97. The van der Waals surface area contributed by atoms with E-state index in [0.717, 1.165) is 18.4 Å². The Balaban J connectivity index is 1.74. The van der Waals surface area contributed by atoms with Crippen LogP contribution in [0.2, 0.25) is 0 Å². The molecule has 0 bridgehead atoms. The van der Waals surface area contributed by atoms with E-state index in [4.69, 9.17) is 0 Å². The van der Waals surface area contributed by atoms with Crippen LogP contribution in [0.25, 0.3) is 5.52 Å². The standard InChI is InChI=1S/C18H16FN3O2/c19-14-8-12(11-2-1-3-11)4-5-15(14)21-17-13(18(23)24)6-7-22-10-20-9-16(17)22/h4-11,21H,1-3H2,(H,23,24). The minimum atomic E-state index is -1.08. The van der Waals surface area contributed by atoms with Crippen LogP contribution in [0.3, 0.4) is 0 Å². The number of aromatic nitrogens is 2. The molecule has 2 heterocycles. The smallest absolute Gasteiger partial charge is 0.337 e. The zero-order valence-electron chi connectivity index (χ0n) is 12.9. The van der Waals surface area contributed by atoms with Gasteiger partial charge in [0.15, 0.2) is 0 Å². The second-order valence-corrected chi connectivity index (χ2v) is 6.09. The van der Waals surface area contributed by atoms with Gasteiger partial charge < -0.3 is 14.8 Å². The summed E-state index contributed by atoms with van der Waals surface area (Å²) in [5, 5.41) is 12.3. The van der Waals surface area contributed by atoms with Gasteiger partial charge in [-0.15, -0.1) is 0 Å². The van der Waals surface area contributed by atoms with Crippen molar-refractivity contribution in [2.45, 2.75) is 25.2 Å². The van der Waals surface area contributed by atoms with Crippen LogP contribution < -0.4 is 5.32 Å². The Labute approximate surface area is 137 Å². The van der Waals surface area contributed by atoms with E-state index in [1.807, 2.05) is 6.07 Å². The van der Waals surface area contributed by atoms with E-state index in [0.29, 0.717) is 17.1 Å². The lowest BCUT2D eigenvalue weighted by molar-refractivity contribution is 0.0698. The maximum absolute atomic E-state index is 14.5. The third kappa shape index (κ3) is 2.40. The number of nitrogens with one attached hydrogen (secondary N) is 1. The van der Waals surface area contributed by atoms with Crippen LogP contribution in [0.4, 0.5) is 15.8 Å². The molecule has 1 saturated carbocycles. The summed E-state index contributed by atoms with van der Waals surface area (Å²) < 4.78 is 16.2. The minimum absolute atomic E-state index is 0.0745. The number of rotatable bonds is 4. The number of hydrogen-bond acceptors (Lipinski definition) is 3. The van der Waals surface area contributed by atoms with Gasteiger partial charge in [-0.1, -0.05) is 12.5 Å². The molecule has 1 aliphatic rings. The summed E-state index contributed by atoms with van der Waals surface area (Å²) in [6.07, 6.45) is 8.14. The summed E-state index contributed by atoms with van der Waals surface area (Å²) in [6.45, 7) is 0. The number of aromatic carboxylic acids is 1. The number of carboxylic acids is 1. The fraction of sp³-hybridized carbons (Fsp3) is 0.222. The van der Waals surface area contributed by atoms with Crippen molar-refractivity contribution in [1.82, 2.24) is 9.38 Å². The van der Waals surface area contributed by atoms with Crippen LogP contribution in [-0.2, 0) is 0 Å². The Bertz CT molecular complexity index is 931. The van der Waals surface area contributed by atoms with Gasteiger partial charge in [0.05, 0.1) is 35.0 Å². The molecule has 2 aromatic heterocycles. The summed E-state index contributed by atoms with van der Waals surface area (Å²) in [7, 11) is 0. The molecule has 1 fully saturated rings. The molecule has 1 aliphatic carbocycles. The van der Waals surface area contributed by atoms with E-state index < -0.39 is 5.97 Å². The SMILES string of the molecule is O=C(O)c1ccn2cncc2c1Nc1ccc(C2CCC2)cc1F. The topological polar surface area (TPSA) is 66.6 Å². The van der Waals surface area contributed by atoms with Crippen LogP contribution in [-0.4, -0.2) is 20.5 Å². The van der Waals surface area contributed by atoms with Gasteiger partial charge in [0.1, 0.15) is 5.82 Å². The number of pyridine rings is 1. The first-order valence-electron chi connectivity index (χ1n) is 7.88. The fourth-order valence-electron chi connectivity index (χ4n) is 3.07. The minimum Gasteiger partial charge on any atom is -0.478 e. The highest BCUT2D eigenvalue weighted by molar-refractivity contribution is 5.99. The molecular weight excluding hydrogens is 309 g/mol. The zero-order valence-corrected chi connectivity index (χ0v) is 12.9. The number of hydrogen-bond donors (Lipinski definition) is 2. The first kappa shape index (κ1) is 14.7. The Hall–Kier alpha value is -2.89. The monoisotopic (exact) mass is 325 g/mol. The van der Waals surface area contributed by atoms with E-state index in [2.05, 4.69) is 10.3 Å². The van der Waals surface area contributed by atoms with Crippen molar-refractivity contribution in [1.29, 1.82) is 0 Å². The highest BCUT2D eigenvalue weighted by Crippen LogP contribution is 2.38. The predicted molar refractivity (Wildman–Crippen MR) is 88.4 cm³/mol. The van der Waals surface area contributed by atoms with Gasteiger partial charge in [0.2, 0.25) is 0 Å². The molecule has 0 spiro atoms. The van der Waals surface area contributed by atoms with Crippen LogP contribution in [0.1, 0.15) is 41.1 Å². The van der Waals surface area contributed by atoms with Crippen molar-refractivity contribution in [3.63, 3.8) is 0 Å². The first-order chi connectivity index (χ1) is 11.6. The van der Waals surface area contributed by atoms with Crippen LogP contribution in [0.15, 0.2) is 43.0 Å². The molecule has 122 valence electrons. The molecule has 0 radical (unpaired) electrons. The highest BCUT2D eigenvalue weighted by Gasteiger charge is 2.21. The number of benzene rings is 1. The average molecular weight is 325 g/mol. The number of carboxylic acid groups (broad SMARTS) is 1. The Kier molecular flexibility index (Phi) is 3.45. The summed E-state index contributed by atoms with van der Waals surface area (Å²) in [4.78, 5) is 15.5. The number of imidazole rings is 1. The van der Waals surface area contributed by atoms with Gasteiger partial charge in [0.25, 0.3) is 0 Å². The molecule has 0 aliphatic heterocycles. The molecule has 3 aromatic rings. The van der Waals surface area contributed by atoms with E-state index in [-0.39, 0.29) is 17.1 Å². The third-order valence-electron chi connectivity index (χ3n) is 4.65. The molecule has 6 heteroatoms. The molecule has 1 aromatic carbocycles. The maximum Gasteiger partial charge on any atom is 0.337 e. The molecule has 5 nitrogen and oxygen atoms in total. The second kappa shape index (κ2) is 5.63. The van der Waals surface area contributed by atoms with Gasteiger partial charge in [-0.05, 0) is 42.5 Å². The van der Waals surface area contributed by atoms with E-state index in [1.54, 1.807) is 35.3 Å². The summed E-state index contributed by atoms with van der Waals surface area (Å²) in [6, 6.07) is 6.60. The number of carbonyl (C=O) groups is 1. The van der Waals surface area contributed by atoms with Crippen LogP contribution in [0.5, 0.6) is 0 Å². The third-order valence-corrected chi connectivity index (χ3v) is 4.65. The van der Waals surface area contributed by atoms with E-state index in [9.17, 15) is 14.3 Å². The molecular formula is C18H16FN3O2. The number of nitrogens with zero attached hydrogens (tertiary/aromatic N) is 2. The normalized spacial score (nSPS) is 14.5. The van der Waals surface area contributed by atoms with Crippen molar-refractivity contribution in [3.05, 3.63) is 59.9 Å². The summed E-state index contributed by atoms with van der Waals surface area (Å²) >= 11 is 0. The predicted octanol–water partition coefficient (Wildman–Crippen LogP) is 4.18. The Morgan fingerprint density at radius 2 is 2.17 bits per heavy atom. The molecule has 24 heavy (non-hydrogen) atoms. The van der Waals surface area contributed by atoms with Crippen molar-refractivity contribution >= 4 is 22.9 Å². The molecule has 4 rings (SSSR count). The Morgan fingerprint density at radius 1 is 1.33 bits per heavy atom. The van der Waals surface area contributed by atoms with Gasteiger partial charge >= 0.3 is 5.97 Å². The summed E-state index contributed by atoms with van der Waals surface area (Å²) in [5.41, 5.74) is 2.25. The van der Waals surface area contributed by atoms with Crippen molar-refractivity contribution < 1.29 is 14.3 Å². The zero-order chi connectivity index (χ0) is 16.7.